The number of hydrogen-bond acceptors (Lipinski definition) is 3. The number of hydrogen-bond donors (Lipinski definition) is 2. The van der Waals surface area contributed by atoms with Crippen molar-refractivity contribution in [2.75, 3.05) is 11.9 Å². The SMILES string of the molecule is O=C(NCCc1nncn1C1CC1)Nc1cccc(F)c1. The molecule has 21 heavy (non-hydrogen) atoms. The van der Waals surface area contributed by atoms with E-state index >= 15 is 0 Å². The predicted octanol–water partition coefficient (Wildman–Crippen LogP) is 2.12. The Morgan fingerprint density at radius 3 is 3.05 bits per heavy atom. The number of amides is 2. The fourth-order valence-corrected chi connectivity index (χ4v) is 2.13. The molecule has 7 heteroatoms. The molecule has 0 radical (unpaired) electrons. The van der Waals surface area contributed by atoms with Crippen LogP contribution in [0.5, 0.6) is 0 Å². The zero-order valence-electron chi connectivity index (χ0n) is 11.4. The average Bonchev–Trinajstić information content (AvgIpc) is 3.19. The molecule has 6 nitrogen and oxygen atoms in total. The Hall–Kier alpha value is -2.44. The van der Waals surface area contributed by atoms with Gasteiger partial charge < -0.3 is 15.2 Å². The highest BCUT2D eigenvalue weighted by Crippen LogP contribution is 2.35. The molecular weight excluding hydrogens is 273 g/mol. The Bertz CT molecular complexity index is 638. The third-order valence-electron chi connectivity index (χ3n) is 3.30. The first-order valence-corrected chi connectivity index (χ1v) is 6.91. The van der Waals surface area contributed by atoms with Crippen LogP contribution in [0.2, 0.25) is 0 Å². The minimum atomic E-state index is -0.384. The van der Waals surface area contributed by atoms with Gasteiger partial charge in [0, 0.05) is 24.7 Å². The van der Waals surface area contributed by atoms with Crippen LogP contribution in [0.25, 0.3) is 0 Å². The summed E-state index contributed by atoms with van der Waals surface area (Å²) in [4.78, 5) is 11.7. The van der Waals surface area contributed by atoms with Crippen LogP contribution in [0.1, 0.15) is 24.7 Å². The lowest BCUT2D eigenvalue weighted by atomic mass is 10.3. The van der Waals surface area contributed by atoms with Crippen molar-refractivity contribution in [2.45, 2.75) is 25.3 Å². The summed E-state index contributed by atoms with van der Waals surface area (Å²) in [7, 11) is 0. The molecule has 3 rings (SSSR count). The van der Waals surface area contributed by atoms with E-state index in [4.69, 9.17) is 0 Å². The molecule has 0 unspecified atom stereocenters. The van der Waals surface area contributed by atoms with Gasteiger partial charge in [-0.2, -0.15) is 0 Å². The van der Waals surface area contributed by atoms with Gasteiger partial charge in [-0.3, -0.25) is 0 Å². The highest BCUT2D eigenvalue weighted by Gasteiger charge is 2.25. The summed E-state index contributed by atoms with van der Waals surface area (Å²) in [5.41, 5.74) is 0.425. The molecule has 2 N–H and O–H groups in total. The molecule has 1 fully saturated rings. The maximum atomic E-state index is 13.0. The first kappa shape index (κ1) is 13.5. The number of carbonyl (C=O) groups is 1. The van der Waals surface area contributed by atoms with Gasteiger partial charge in [-0.25, -0.2) is 9.18 Å². The summed E-state index contributed by atoms with van der Waals surface area (Å²) < 4.78 is 15.1. The van der Waals surface area contributed by atoms with Crippen molar-refractivity contribution in [1.29, 1.82) is 0 Å². The van der Waals surface area contributed by atoms with E-state index in [1.807, 2.05) is 0 Å². The smallest absolute Gasteiger partial charge is 0.319 e. The van der Waals surface area contributed by atoms with Crippen molar-refractivity contribution >= 4 is 11.7 Å². The standard InChI is InChI=1S/C14H16FN5O/c15-10-2-1-3-11(8-10)18-14(21)16-7-6-13-19-17-9-20(13)12-4-5-12/h1-3,8-9,12H,4-7H2,(H2,16,18,21). The molecule has 110 valence electrons. The molecule has 0 spiro atoms. The van der Waals surface area contributed by atoms with Crippen molar-refractivity contribution in [3.05, 3.63) is 42.2 Å². The van der Waals surface area contributed by atoms with Crippen LogP contribution in [0.3, 0.4) is 0 Å². The van der Waals surface area contributed by atoms with Crippen LogP contribution in [-0.2, 0) is 6.42 Å². The highest BCUT2D eigenvalue weighted by atomic mass is 19.1. The van der Waals surface area contributed by atoms with Crippen molar-refractivity contribution < 1.29 is 9.18 Å². The van der Waals surface area contributed by atoms with E-state index in [9.17, 15) is 9.18 Å². The van der Waals surface area contributed by atoms with Gasteiger partial charge in [0.1, 0.15) is 18.0 Å². The van der Waals surface area contributed by atoms with Gasteiger partial charge in [-0.15, -0.1) is 10.2 Å². The quantitative estimate of drug-likeness (QED) is 0.885. The zero-order valence-corrected chi connectivity index (χ0v) is 11.4. The minimum Gasteiger partial charge on any atom is -0.337 e. The first-order valence-electron chi connectivity index (χ1n) is 6.91. The number of nitrogens with one attached hydrogen (secondary N) is 2. The summed E-state index contributed by atoms with van der Waals surface area (Å²) in [5, 5.41) is 13.3. The first-order chi connectivity index (χ1) is 10.2. The van der Waals surface area contributed by atoms with Crippen molar-refractivity contribution in [3.63, 3.8) is 0 Å². The second-order valence-corrected chi connectivity index (χ2v) is 5.03. The Balaban J connectivity index is 1.46. The number of urea groups is 1. The second-order valence-electron chi connectivity index (χ2n) is 5.03. The summed E-state index contributed by atoms with van der Waals surface area (Å²) in [6, 6.07) is 5.93. The van der Waals surface area contributed by atoms with Crippen LogP contribution in [-0.4, -0.2) is 27.3 Å². The van der Waals surface area contributed by atoms with Crippen LogP contribution >= 0.6 is 0 Å². The molecule has 1 aromatic heterocycles. The van der Waals surface area contributed by atoms with Gasteiger partial charge in [0.15, 0.2) is 0 Å². The molecule has 1 saturated carbocycles. The molecule has 0 saturated heterocycles. The van der Waals surface area contributed by atoms with E-state index < -0.39 is 0 Å². The lowest BCUT2D eigenvalue weighted by Gasteiger charge is -2.08. The van der Waals surface area contributed by atoms with Crippen LogP contribution in [0.4, 0.5) is 14.9 Å². The molecule has 1 aliphatic carbocycles. The molecule has 2 amide bonds. The third-order valence-corrected chi connectivity index (χ3v) is 3.30. The number of nitrogens with zero attached hydrogens (tertiary/aromatic N) is 3. The number of halogens is 1. The molecular formula is C14H16FN5O. The van der Waals surface area contributed by atoms with Crippen LogP contribution < -0.4 is 10.6 Å². The Labute approximate surface area is 121 Å². The fraction of sp³-hybridized carbons (Fsp3) is 0.357. The molecule has 0 bridgehead atoms. The zero-order chi connectivity index (χ0) is 14.7. The molecule has 0 aliphatic heterocycles. The van der Waals surface area contributed by atoms with Gasteiger partial charge in [0.05, 0.1) is 0 Å². The second kappa shape index (κ2) is 5.90. The van der Waals surface area contributed by atoms with E-state index in [-0.39, 0.29) is 11.8 Å². The van der Waals surface area contributed by atoms with E-state index in [2.05, 4.69) is 25.4 Å². The van der Waals surface area contributed by atoms with Crippen molar-refractivity contribution in [1.82, 2.24) is 20.1 Å². The Morgan fingerprint density at radius 2 is 2.29 bits per heavy atom. The normalized spacial score (nSPS) is 14.0. The highest BCUT2D eigenvalue weighted by molar-refractivity contribution is 5.89. The van der Waals surface area contributed by atoms with E-state index in [0.717, 1.165) is 5.82 Å². The third kappa shape index (κ3) is 3.56. The number of benzene rings is 1. The van der Waals surface area contributed by atoms with Crippen LogP contribution in [0, 0.1) is 5.82 Å². The van der Waals surface area contributed by atoms with Crippen LogP contribution in [0.15, 0.2) is 30.6 Å². The number of rotatable bonds is 5. The predicted molar refractivity (Wildman–Crippen MR) is 75.4 cm³/mol. The van der Waals surface area contributed by atoms with Gasteiger partial charge in [0.25, 0.3) is 0 Å². The lowest BCUT2D eigenvalue weighted by molar-refractivity contribution is 0.252. The largest absolute Gasteiger partial charge is 0.337 e. The summed E-state index contributed by atoms with van der Waals surface area (Å²) in [6.45, 7) is 0.451. The fourth-order valence-electron chi connectivity index (χ4n) is 2.13. The summed E-state index contributed by atoms with van der Waals surface area (Å²) in [5.74, 6) is 0.494. The van der Waals surface area contributed by atoms with E-state index in [1.165, 1.54) is 25.0 Å². The lowest BCUT2D eigenvalue weighted by Crippen LogP contribution is -2.30. The van der Waals surface area contributed by atoms with Gasteiger partial charge in [-0.1, -0.05) is 6.07 Å². The molecule has 1 aliphatic rings. The summed E-state index contributed by atoms with van der Waals surface area (Å²) in [6.07, 6.45) is 4.68. The maximum Gasteiger partial charge on any atom is 0.319 e. The van der Waals surface area contributed by atoms with E-state index in [1.54, 1.807) is 18.5 Å². The van der Waals surface area contributed by atoms with Gasteiger partial charge in [-0.05, 0) is 31.0 Å². The minimum absolute atomic E-state index is 0.363. The topological polar surface area (TPSA) is 71.8 Å². The molecule has 2 aromatic rings. The monoisotopic (exact) mass is 289 g/mol. The molecule has 1 heterocycles. The number of anilines is 1. The number of aromatic nitrogens is 3. The number of carbonyl (C=O) groups excluding carboxylic acids is 1. The van der Waals surface area contributed by atoms with Crippen molar-refractivity contribution in [2.24, 2.45) is 0 Å². The average molecular weight is 289 g/mol. The Kier molecular flexibility index (Phi) is 3.81. The van der Waals surface area contributed by atoms with Gasteiger partial charge in [0.2, 0.25) is 0 Å². The maximum absolute atomic E-state index is 13.0. The van der Waals surface area contributed by atoms with Gasteiger partial charge >= 0.3 is 6.03 Å². The van der Waals surface area contributed by atoms with Crippen molar-refractivity contribution in [3.8, 4) is 0 Å². The molecule has 0 atom stereocenters. The summed E-state index contributed by atoms with van der Waals surface area (Å²) >= 11 is 0. The Morgan fingerprint density at radius 1 is 1.43 bits per heavy atom. The molecule has 1 aromatic carbocycles. The van der Waals surface area contributed by atoms with E-state index in [0.29, 0.717) is 24.7 Å².